The first-order valence-electron chi connectivity index (χ1n) is 7.79. The number of nitrogens with zero attached hydrogens (tertiary/aromatic N) is 1. The van der Waals surface area contributed by atoms with E-state index in [4.69, 9.17) is 0 Å². The van der Waals surface area contributed by atoms with E-state index in [0.29, 0.717) is 17.0 Å². The first kappa shape index (κ1) is 18.0. The number of hydrogen-bond donors (Lipinski definition) is 0. The molecule has 1 nitrogen and oxygen atoms in total. The van der Waals surface area contributed by atoms with E-state index in [2.05, 4.69) is 4.99 Å². The summed E-state index contributed by atoms with van der Waals surface area (Å²) in [5.41, 5.74) is 1.69. The summed E-state index contributed by atoms with van der Waals surface area (Å²) in [5.74, 6) is -1.01. The zero-order chi connectivity index (χ0) is 18.4. The van der Waals surface area contributed by atoms with Crippen LogP contribution < -0.4 is 0 Å². The molecular weight excluding hydrogens is 355 g/mol. The minimum Gasteiger partial charge on any atom is -0.248 e. The zero-order valence-electron chi connectivity index (χ0n) is 13.6. The van der Waals surface area contributed by atoms with Gasteiger partial charge in [0.2, 0.25) is 0 Å². The maximum Gasteiger partial charge on any atom is 0.123 e. The standard InChI is InChI=1S/C21H14F3NS/c22-16-4-8-19(9-5-16)25-21(15-2-1-3-18(24)14-15)12-13-26-20-10-6-17(23)7-11-20/h1-14H/b13-12+,25-21-. The van der Waals surface area contributed by atoms with Crippen LogP contribution in [-0.4, -0.2) is 5.71 Å². The van der Waals surface area contributed by atoms with Gasteiger partial charge in [0.1, 0.15) is 17.5 Å². The monoisotopic (exact) mass is 369 g/mol. The minimum atomic E-state index is -0.367. The summed E-state index contributed by atoms with van der Waals surface area (Å²) < 4.78 is 39.6. The predicted molar refractivity (Wildman–Crippen MR) is 100 cm³/mol. The number of benzene rings is 3. The van der Waals surface area contributed by atoms with Crippen LogP contribution in [0.15, 0.2) is 94.2 Å². The number of hydrogen-bond acceptors (Lipinski definition) is 2. The van der Waals surface area contributed by atoms with E-state index in [1.165, 1.54) is 48.2 Å². The Morgan fingerprint density at radius 2 is 1.42 bits per heavy atom. The van der Waals surface area contributed by atoms with Crippen LogP contribution in [0.4, 0.5) is 18.9 Å². The van der Waals surface area contributed by atoms with Gasteiger partial charge in [0.15, 0.2) is 0 Å². The Bertz CT molecular complexity index is 932. The number of rotatable bonds is 5. The van der Waals surface area contributed by atoms with Gasteiger partial charge in [0.05, 0.1) is 11.4 Å². The predicted octanol–water partition coefficient (Wildman–Crippen LogP) is 6.53. The van der Waals surface area contributed by atoms with Crippen LogP contribution in [0.1, 0.15) is 5.56 Å². The SMILES string of the molecule is Fc1ccc(/N=C(/C=C/Sc2ccc(F)cc2)c2cccc(F)c2)cc1. The van der Waals surface area contributed by atoms with Crippen LogP contribution in [0.5, 0.6) is 0 Å². The minimum absolute atomic E-state index is 0.295. The highest BCUT2D eigenvalue weighted by Gasteiger charge is 2.03. The molecule has 0 aliphatic carbocycles. The molecule has 5 heteroatoms. The first-order chi connectivity index (χ1) is 12.6. The van der Waals surface area contributed by atoms with Crippen molar-refractivity contribution >= 4 is 23.2 Å². The molecular formula is C21H14F3NS. The zero-order valence-corrected chi connectivity index (χ0v) is 14.4. The lowest BCUT2D eigenvalue weighted by molar-refractivity contribution is 0.626. The third kappa shape index (κ3) is 5.10. The molecule has 130 valence electrons. The Balaban J connectivity index is 1.88. The van der Waals surface area contributed by atoms with Crippen LogP contribution in [0.3, 0.4) is 0 Å². The second-order valence-corrected chi connectivity index (χ2v) is 6.34. The van der Waals surface area contributed by atoms with Crippen molar-refractivity contribution in [2.24, 2.45) is 4.99 Å². The van der Waals surface area contributed by atoms with Gasteiger partial charge < -0.3 is 0 Å². The van der Waals surface area contributed by atoms with Crippen LogP contribution >= 0.6 is 11.8 Å². The van der Waals surface area contributed by atoms with Gasteiger partial charge in [-0.3, -0.25) is 0 Å². The fourth-order valence-corrected chi connectivity index (χ4v) is 2.84. The highest BCUT2D eigenvalue weighted by atomic mass is 32.2. The molecule has 0 N–H and O–H groups in total. The molecule has 0 saturated heterocycles. The Morgan fingerprint density at radius 3 is 2.08 bits per heavy atom. The van der Waals surface area contributed by atoms with Gasteiger partial charge in [-0.1, -0.05) is 23.9 Å². The number of halogens is 3. The molecule has 0 heterocycles. The molecule has 0 bridgehead atoms. The largest absolute Gasteiger partial charge is 0.248 e. The fourth-order valence-electron chi connectivity index (χ4n) is 2.19. The lowest BCUT2D eigenvalue weighted by Gasteiger charge is -2.03. The molecule has 0 unspecified atom stereocenters. The molecule has 0 atom stereocenters. The van der Waals surface area contributed by atoms with Gasteiger partial charge >= 0.3 is 0 Å². The van der Waals surface area contributed by atoms with Crippen molar-refractivity contribution in [2.75, 3.05) is 0 Å². The van der Waals surface area contributed by atoms with Gasteiger partial charge in [-0.15, -0.1) is 0 Å². The van der Waals surface area contributed by atoms with Gasteiger partial charge in [-0.2, -0.15) is 0 Å². The molecule has 0 aromatic heterocycles. The van der Waals surface area contributed by atoms with Crippen LogP contribution in [0.25, 0.3) is 0 Å². The van der Waals surface area contributed by atoms with Crippen molar-refractivity contribution in [2.45, 2.75) is 4.90 Å². The first-order valence-corrected chi connectivity index (χ1v) is 8.67. The normalized spacial score (nSPS) is 11.9. The van der Waals surface area contributed by atoms with E-state index in [1.807, 2.05) is 0 Å². The van der Waals surface area contributed by atoms with E-state index in [0.717, 1.165) is 4.90 Å². The third-order valence-electron chi connectivity index (χ3n) is 3.44. The summed E-state index contributed by atoms with van der Waals surface area (Å²) in [5, 5.41) is 1.79. The van der Waals surface area contributed by atoms with Crippen LogP contribution in [-0.2, 0) is 0 Å². The number of aliphatic imine (C=N–C) groups is 1. The Labute approximate surface area is 153 Å². The summed E-state index contributed by atoms with van der Waals surface area (Å²) in [6.45, 7) is 0. The summed E-state index contributed by atoms with van der Waals surface area (Å²) in [6.07, 6.45) is 1.74. The smallest absolute Gasteiger partial charge is 0.123 e. The molecule has 0 aliphatic heterocycles. The van der Waals surface area contributed by atoms with Crippen LogP contribution in [0.2, 0.25) is 0 Å². The number of allylic oxidation sites excluding steroid dienone is 1. The summed E-state index contributed by atoms with van der Waals surface area (Å²) in [7, 11) is 0. The topological polar surface area (TPSA) is 12.4 Å². The molecule has 0 fully saturated rings. The average Bonchev–Trinajstić information content (AvgIpc) is 2.64. The van der Waals surface area contributed by atoms with Crippen molar-refractivity contribution in [1.29, 1.82) is 0 Å². The van der Waals surface area contributed by atoms with Gasteiger partial charge in [0, 0.05) is 10.5 Å². The van der Waals surface area contributed by atoms with Crippen molar-refractivity contribution in [3.63, 3.8) is 0 Å². The second kappa shape index (κ2) is 8.54. The van der Waals surface area contributed by atoms with Gasteiger partial charge in [-0.25, -0.2) is 18.2 Å². The maximum absolute atomic E-state index is 13.6. The fraction of sp³-hybridized carbons (Fsp3) is 0. The van der Waals surface area contributed by atoms with E-state index >= 15 is 0 Å². The summed E-state index contributed by atoms with van der Waals surface area (Å²) in [6, 6.07) is 17.9. The highest BCUT2D eigenvalue weighted by molar-refractivity contribution is 8.02. The second-order valence-electron chi connectivity index (χ2n) is 5.36. The molecule has 0 spiro atoms. The van der Waals surface area contributed by atoms with Crippen molar-refractivity contribution in [1.82, 2.24) is 0 Å². The Kier molecular flexibility index (Phi) is 5.92. The molecule has 3 aromatic rings. The molecule has 0 amide bonds. The van der Waals surface area contributed by atoms with Gasteiger partial charge in [0.25, 0.3) is 0 Å². The molecule has 3 rings (SSSR count). The van der Waals surface area contributed by atoms with Crippen LogP contribution in [0, 0.1) is 17.5 Å². The quantitative estimate of drug-likeness (QED) is 0.368. The highest BCUT2D eigenvalue weighted by Crippen LogP contribution is 2.21. The Morgan fingerprint density at radius 1 is 0.769 bits per heavy atom. The molecule has 3 aromatic carbocycles. The number of thioether (sulfide) groups is 1. The summed E-state index contributed by atoms with van der Waals surface area (Å²) in [4.78, 5) is 5.34. The molecule has 0 radical (unpaired) electrons. The lowest BCUT2D eigenvalue weighted by atomic mass is 10.1. The Hall–Kier alpha value is -2.79. The molecule has 26 heavy (non-hydrogen) atoms. The molecule has 0 saturated carbocycles. The van der Waals surface area contributed by atoms with E-state index in [9.17, 15) is 13.2 Å². The van der Waals surface area contributed by atoms with E-state index < -0.39 is 0 Å². The van der Waals surface area contributed by atoms with Crippen molar-refractivity contribution < 1.29 is 13.2 Å². The third-order valence-corrected chi connectivity index (χ3v) is 4.26. The molecule has 0 aliphatic rings. The average molecular weight is 369 g/mol. The maximum atomic E-state index is 13.6. The van der Waals surface area contributed by atoms with Crippen molar-refractivity contribution in [3.05, 3.63) is 107 Å². The van der Waals surface area contributed by atoms with Gasteiger partial charge in [-0.05, 0) is 72.1 Å². The van der Waals surface area contributed by atoms with E-state index in [1.54, 1.807) is 47.9 Å². The van der Waals surface area contributed by atoms with E-state index in [-0.39, 0.29) is 17.5 Å². The lowest BCUT2D eigenvalue weighted by Crippen LogP contribution is -1.97. The van der Waals surface area contributed by atoms with Crippen molar-refractivity contribution in [3.8, 4) is 0 Å². The summed E-state index contributed by atoms with van der Waals surface area (Å²) >= 11 is 1.39.